The van der Waals surface area contributed by atoms with Gasteiger partial charge in [-0.05, 0) is 60.2 Å². The zero-order valence-electron chi connectivity index (χ0n) is 15.1. The fourth-order valence-corrected chi connectivity index (χ4v) is 2.77. The number of nitrogens with zero attached hydrogens (tertiary/aromatic N) is 1. The van der Waals surface area contributed by atoms with Crippen molar-refractivity contribution in [2.45, 2.75) is 0 Å². The molecule has 0 saturated carbocycles. The van der Waals surface area contributed by atoms with Gasteiger partial charge >= 0.3 is 5.63 Å². The van der Waals surface area contributed by atoms with E-state index in [1.54, 1.807) is 66.7 Å². The van der Waals surface area contributed by atoms with Gasteiger partial charge in [-0.1, -0.05) is 24.3 Å². The SMILES string of the molecule is O=C(/C=C/c1ccc(F)cc1)Nc1ccc(-c2nc3ccccc3c(=O)o2)cc1. The number of carbonyl (C=O) groups is 1. The Kier molecular flexibility index (Phi) is 4.99. The summed E-state index contributed by atoms with van der Waals surface area (Å²) >= 11 is 0. The molecule has 5 nitrogen and oxygen atoms in total. The number of rotatable bonds is 4. The van der Waals surface area contributed by atoms with E-state index in [-0.39, 0.29) is 17.6 Å². The number of para-hydroxylation sites is 1. The Morgan fingerprint density at radius 2 is 1.69 bits per heavy atom. The molecule has 0 fully saturated rings. The molecule has 0 radical (unpaired) electrons. The zero-order valence-corrected chi connectivity index (χ0v) is 15.1. The van der Waals surface area contributed by atoms with E-state index in [2.05, 4.69) is 10.3 Å². The van der Waals surface area contributed by atoms with Crippen LogP contribution in [-0.4, -0.2) is 10.9 Å². The summed E-state index contributed by atoms with van der Waals surface area (Å²) in [4.78, 5) is 28.5. The Morgan fingerprint density at radius 1 is 0.966 bits per heavy atom. The number of aromatic nitrogens is 1. The minimum atomic E-state index is -0.450. The minimum Gasteiger partial charge on any atom is -0.403 e. The van der Waals surface area contributed by atoms with E-state index in [4.69, 9.17) is 4.42 Å². The second-order valence-electron chi connectivity index (χ2n) is 6.28. The van der Waals surface area contributed by atoms with Gasteiger partial charge in [0.2, 0.25) is 11.8 Å². The van der Waals surface area contributed by atoms with Crippen LogP contribution in [0.2, 0.25) is 0 Å². The minimum absolute atomic E-state index is 0.211. The lowest BCUT2D eigenvalue weighted by molar-refractivity contribution is -0.111. The summed E-state index contributed by atoms with van der Waals surface area (Å²) < 4.78 is 18.2. The molecule has 0 aliphatic carbocycles. The van der Waals surface area contributed by atoms with Crippen LogP contribution in [0.25, 0.3) is 28.4 Å². The van der Waals surface area contributed by atoms with Gasteiger partial charge in [0.15, 0.2) is 0 Å². The van der Waals surface area contributed by atoms with Crippen molar-refractivity contribution in [3.63, 3.8) is 0 Å². The predicted molar refractivity (Wildman–Crippen MR) is 110 cm³/mol. The van der Waals surface area contributed by atoms with Crippen molar-refractivity contribution in [3.05, 3.63) is 101 Å². The molecule has 0 aliphatic rings. The van der Waals surface area contributed by atoms with E-state index < -0.39 is 5.63 Å². The molecule has 29 heavy (non-hydrogen) atoms. The number of nitrogens with one attached hydrogen (secondary N) is 1. The molecule has 142 valence electrons. The summed E-state index contributed by atoms with van der Waals surface area (Å²) in [6.45, 7) is 0. The van der Waals surface area contributed by atoms with Crippen molar-refractivity contribution in [1.82, 2.24) is 4.98 Å². The van der Waals surface area contributed by atoms with Gasteiger partial charge in [-0.2, -0.15) is 0 Å². The first-order chi connectivity index (χ1) is 14.1. The van der Waals surface area contributed by atoms with E-state index in [1.165, 1.54) is 18.2 Å². The predicted octanol–water partition coefficient (Wildman–Crippen LogP) is 4.65. The van der Waals surface area contributed by atoms with E-state index in [9.17, 15) is 14.0 Å². The van der Waals surface area contributed by atoms with Gasteiger partial charge in [0.25, 0.3) is 0 Å². The number of benzene rings is 3. The molecule has 0 atom stereocenters. The lowest BCUT2D eigenvalue weighted by Crippen LogP contribution is -2.07. The number of hydrogen-bond donors (Lipinski definition) is 1. The van der Waals surface area contributed by atoms with Crippen LogP contribution in [-0.2, 0) is 4.79 Å². The van der Waals surface area contributed by atoms with Crippen molar-refractivity contribution in [3.8, 4) is 11.5 Å². The molecule has 0 aliphatic heterocycles. The molecule has 0 unspecified atom stereocenters. The molecular weight excluding hydrogens is 371 g/mol. The Hall–Kier alpha value is -4.06. The Labute approximate surface area is 165 Å². The third-order valence-corrected chi connectivity index (χ3v) is 4.23. The Balaban J connectivity index is 1.48. The van der Waals surface area contributed by atoms with Gasteiger partial charge in [0, 0.05) is 17.3 Å². The van der Waals surface area contributed by atoms with Crippen molar-refractivity contribution in [2.75, 3.05) is 5.32 Å². The van der Waals surface area contributed by atoms with Crippen molar-refractivity contribution >= 4 is 28.6 Å². The van der Waals surface area contributed by atoms with E-state index in [0.717, 1.165) is 0 Å². The van der Waals surface area contributed by atoms with E-state index >= 15 is 0 Å². The molecule has 0 bridgehead atoms. The molecule has 1 amide bonds. The monoisotopic (exact) mass is 386 g/mol. The van der Waals surface area contributed by atoms with Crippen LogP contribution in [0.15, 0.2) is 88.1 Å². The highest BCUT2D eigenvalue weighted by molar-refractivity contribution is 6.02. The Morgan fingerprint density at radius 3 is 2.45 bits per heavy atom. The second-order valence-corrected chi connectivity index (χ2v) is 6.28. The normalized spacial score (nSPS) is 11.1. The lowest BCUT2D eigenvalue weighted by Gasteiger charge is -2.05. The number of carbonyl (C=O) groups excluding carboxylic acids is 1. The van der Waals surface area contributed by atoms with Gasteiger partial charge in [-0.15, -0.1) is 0 Å². The number of anilines is 1. The summed E-state index contributed by atoms with van der Waals surface area (Å²) in [5, 5.41) is 3.15. The quantitative estimate of drug-likeness (QED) is 0.519. The molecule has 0 saturated heterocycles. The van der Waals surface area contributed by atoms with Crippen LogP contribution in [0.1, 0.15) is 5.56 Å². The summed E-state index contributed by atoms with van der Waals surface area (Å²) in [5.74, 6) is -0.441. The zero-order chi connectivity index (χ0) is 20.2. The molecule has 4 aromatic rings. The average molecular weight is 386 g/mol. The number of amides is 1. The molecule has 0 spiro atoms. The van der Waals surface area contributed by atoms with Crippen molar-refractivity contribution in [1.29, 1.82) is 0 Å². The largest absolute Gasteiger partial charge is 0.403 e. The first kappa shape index (κ1) is 18.3. The topological polar surface area (TPSA) is 72.2 Å². The maximum absolute atomic E-state index is 12.9. The number of fused-ring (bicyclic) bond motifs is 1. The summed E-state index contributed by atoms with van der Waals surface area (Å²) in [5.41, 5.74) is 2.02. The highest BCUT2D eigenvalue weighted by Crippen LogP contribution is 2.20. The van der Waals surface area contributed by atoms with Crippen molar-refractivity contribution in [2.24, 2.45) is 0 Å². The lowest BCUT2D eigenvalue weighted by atomic mass is 10.2. The van der Waals surface area contributed by atoms with Gasteiger partial charge in [0.05, 0.1) is 10.9 Å². The highest BCUT2D eigenvalue weighted by Gasteiger charge is 2.08. The van der Waals surface area contributed by atoms with Crippen molar-refractivity contribution < 1.29 is 13.6 Å². The van der Waals surface area contributed by atoms with Crippen LogP contribution >= 0.6 is 0 Å². The molecule has 1 N–H and O–H groups in total. The maximum Gasteiger partial charge on any atom is 0.347 e. The smallest absolute Gasteiger partial charge is 0.347 e. The van der Waals surface area contributed by atoms with E-state index in [1.807, 2.05) is 0 Å². The highest BCUT2D eigenvalue weighted by atomic mass is 19.1. The molecule has 4 rings (SSSR count). The molecular formula is C23H15FN2O3. The summed E-state index contributed by atoms with van der Waals surface area (Å²) in [6.07, 6.45) is 2.96. The van der Waals surface area contributed by atoms with Crippen LogP contribution in [0, 0.1) is 5.82 Å². The van der Waals surface area contributed by atoms with Gasteiger partial charge < -0.3 is 9.73 Å². The van der Waals surface area contributed by atoms with Crippen LogP contribution in [0.4, 0.5) is 10.1 Å². The first-order valence-corrected chi connectivity index (χ1v) is 8.83. The fraction of sp³-hybridized carbons (Fsp3) is 0. The third-order valence-electron chi connectivity index (χ3n) is 4.23. The second kappa shape index (κ2) is 7.90. The van der Waals surface area contributed by atoms with E-state index in [0.29, 0.717) is 27.7 Å². The molecule has 3 aromatic carbocycles. The third kappa shape index (κ3) is 4.27. The first-order valence-electron chi connectivity index (χ1n) is 8.83. The fourth-order valence-electron chi connectivity index (χ4n) is 2.77. The molecule has 1 heterocycles. The standard InChI is InChI=1S/C23H15FN2O3/c24-17-10-5-15(6-11-17)7-14-21(27)25-18-12-8-16(9-13-18)22-26-20-4-2-1-3-19(20)23(28)29-22/h1-14H,(H,25,27)/b14-7+. The Bertz CT molecular complexity index is 1260. The van der Waals surface area contributed by atoms with Gasteiger partial charge in [-0.25, -0.2) is 14.2 Å². The average Bonchev–Trinajstić information content (AvgIpc) is 2.74. The summed E-state index contributed by atoms with van der Waals surface area (Å²) in [7, 11) is 0. The molecule has 1 aromatic heterocycles. The maximum atomic E-state index is 12.9. The summed E-state index contributed by atoms with van der Waals surface area (Å²) in [6, 6.07) is 19.6. The number of hydrogen-bond acceptors (Lipinski definition) is 4. The van der Waals surface area contributed by atoms with Crippen LogP contribution < -0.4 is 10.9 Å². The molecule has 6 heteroatoms. The van der Waals surface area contributed by atoms with Gasteiger partial charge in [0.1, 0.15) is 5.82 Å². The van der Waals surface area contributed by atoms with Crippen LogP contribution in [0.5, 0.6) is 0 Å². The van der Waals surface area contributed by atoms with Gasteiger partial charge in [-0.3, -0.25) is 4.79 Å². The number of halogens is 1. The van der Waals surface area contributed by atoms with Crippen LogP contribution in [0.3, 0.4) is 0 Å².